The van der Waals surface area contributed by atoms with Gasteiger partial charge in [-0.2, -0.15) is 0 Å². The normalized spacial score (nSPS) is 25.0. The van der Waals surface area contributed by atoms with E-state index in [1.54, 1.807) is 0 Å². The fraction of sp³-hybridized carbons (Fsp3) is 0.455. The predicted molar refractivity (Wildman–Crippen MR) is 64.8 cm³/mol. The van der Waals surface area contributed by atoms with Crippen LogP contribution >= 0.6 is 23.2 Å². The molecule has 0 fully saturated rings. The monoisotopic (exact) mass is 247 g/mol. The highest BCUT2D eigenvalue weighted by molar-refractivity contribution is 6.31. The van der Waals surface area contributed by atoms with E-state index < -0.39 is 0 Å². The molecule has 0 saturated heterocycles. The van der Waals surface area contributed by atoms with E-state index in [0.717, 1.165) is 30.1 Å². The van der Waals surface area contributed by atoms with Gasteiger partial charge in [-0.3, -0.25) is 0 Å². The van der Waals surface area contributed by atoms with Gasteiger partial charge in [0.1, 0.15) is 0 Å². The van der Waals surface area contributed by atoms with Crippen LogP contribution in [0.15, 0.2) is 18.2 Å². The number of alkyl halides is 1. The lowest BCUT2D eigenvalue weighted by atomic mass is 9.95. The first-order chi connectivity index (χ1) is 6.59. The lowest BCUT2D eigenvalue weighted by Gasteiger charge is -2.22. The molecule has 2 nitrogen and oxygen atoms in total. The molecule has 2 rings (SSSR count). The topological polar surface area (TPSA) is 43.5 Å². The minimum Gasteiger partial charge on any atom is -0.412 e. The fourth-order valence-electron chi connectivity index (χ4n) is 1.89. The summed E-state index contributed by atoms with van der Waals surface area (Å²) in [7, 11) is 0. The van der Waals surface area contributed by atoms with Crippen LogP contribution in [0.2, 0.25) is 5.02 Å². The Morgan fingerprint density at radius 2 is 2.13 bits per heavy atom. The Bertz CT molecular complexity index is 352. The second-order valence-corrected chi connectivity index (χ2v) is 5.20. The minimum absolute atomic E-state index is 0. The molecule has 1 atom stereocenters. The molecule has 0 saturated carbocycles. The molecule has 0 amide bonds. The second-order valence-electron chi connectivity index (χ2n) is 3.93. The van der Waals surface area contributed by atoms with E-state index in [1.807, 2.05) is 19.1 Å². The van der Waals surface area contributed by atoms with E-state index in [-0.39, 0.29) is 10.4 Å². The zero-order valence-corrected chi connectivity index (χ0v) is 10.1. The van der Waals surface area contributed by atoms with Gasteiger partial charge in [0.15, 0.2) is 0 Å². The third kappa shape index (κ3) is 2.64. The summed E-state index contributed by atoms with van der Waals surface area (Å²) in [4.78, 5) is -0.337. The van der Waals surface area contributed by atoms with Crippen LogP contribution in [0.3, 0.4) is 0 Å². The zero-order chi connectivity index (χ0) is 10.2. The Morgan fingerprint density at radius 3 is 2.87 bits per heavy atom. The molecule has 3 N–H and O–H groups in total. The molecule has 4 heteroatoms. The van der Waals surface area contributed by atoms with Crippen molar-refractivity contribution in [2.45, 2.75) is 18.2 Å². The Morgan fingerprint density at radius 1 is 1.40 bits per heavy atom. The zero-order valence-electron chi connectivity index (χ0n) is 8.61. The maximum atomic E-state index is 6.46. The van der Waals surface area contributed by atoms with Gasteiger partial charge >= 0.3 is 0 Å². The Balaban J connectivity index is 0.00000112. The van der Waals surface area contributed by atoms with Gasteiger partial charge in [0.25, 0.3) is 0 Å². The molecule has 84 valence electrons. The van der Waals surface area contributed by atoms with Crippen molar-refractivity contribution in [1.82, 2.24) is 5.32 Å². The van der Waals surface area contributed by atoms with Gasteiger partial charge in [0, 0.05) is 11.6 Å². The summed E-state index contributed by atoms with van der Waals surface area (Å²) >= 11 is 12.4. The van der Waals surface area contributed by atoms with E-state index in [2.05, 4.69) is 11.4 Å². The van der Waals surface area contributed by atoms with E-state index in [1.165, 1.54) is 5.56 Å². The van der Waals surface area contributed by atoms with Crippen LogP contribution < -0.4 is 5.32 Å². The van der Waals surface area contributed by atoms with Crippen LogP contribution in [-0.2, 0) is 11.3 Å². The number of hydrogen-bond acceptors (Lipinski definition) is 1. The molecule has 0 radical (unpaired) electrons. The quantitative estimate of drug-likeness (QED) is 0.702. The first kappa shape index (κ1) is 12.8. The molecule has 0 bridgehead atoms. The molecule has 1 heterocycles. The highest BCUT2D eigenvalue weighted by Crippen LogP contribution is 2.34. The number of fused-ring (bicyclic) bond motifs is 1. The first-order valence-electron chi connectivity index (χ1n) is 4.78. The van der Waals surface area contributed by atoms with Crippen molar-refractivity contribution in [3.63, 3.8) is 0 Å². The standard InChI is InChI=1S/C11H13Cl2N.H2O/c1-11(13)7-14-5-4-8-2-3-9(12)6-10(8)11;/h2-3,6,14H,4-5,7H2,1H3;1H2/t11-;/m0./s1. The average Bonchev–Trinajstić information content (AvgIpc) is 2.26. The van der Waals surface area contributed by atoms with Crippen molar-refractivity contribution in [2.24, 2.45) is 0 Å². The van der Waals surface area contributed by atoms with Crippen molar-refractivity contribution in [1.29, 1.82) is 0 Å². The Labute approximate surface area is 99.9 Å². The molecular formula is C11H15Cl2NO. The first-order valence-corrected chi connectivity index (χ1v) is 5.54. The van der Waals surface area contributed by atoms with Crippen LogP contribution in [0.1, 0.15) is 18.1 Å². The summed E-state index contributed by atoms with van der Waals surface area (Å²) in [6.45, 7) is 3.81. The number of benzene rings is 1. The molecule has 0 aliphatic carbocycles. The summed E-state index contributed by atoms with van der Waals surface area (Å²) in [5.74, 6) is 0. The van der Waals surface area contributed by atoms with Crippen molar-refractivity contribution in [3.8, 4) is 0 Å². The number of halogens is 2. The Hall–Kier alpha value is -0.280. The molecular weight excluding hydrogens is 233 g/mol. The number of nitrogens with one attached hydrogen (secondary N) is 1. The third-order valence-corrected chi connectivity index (χ3v) is 3.23. The fourth-order valence-corrected chi connectivity index (χ4v) is 2.34. The maximum absolute atomic E-state index is 6.46. The van der Waals surface area contributed by atoms with Crippen molar-refractivity contribution < 1.29 is 5.48 Å². The summed E-state index contributed by atoms with van der Waals surface area (Å²) in [6, 6.07) is 5.99. The van der Waals surface area contributed by atoms with Crippen LogP contribution in [0.5, 0.6) is 0 Å². The van der Waals surface area contributed by atoms with Crippen LogP contribution in [0, 0.1) is 0 Å². The molecule has 1 aromatic carbocycles. The van der Waals surface area contributed by atoms with Crippen molar-refractivity contribution in [3.05, 3.63) is 34.3 Å². The minimum atomic E-state index is -0.337. The van der Waals surface area contributed by atoms with E-state index in [0.29, 0.717) is 0 Å². The summed E-state index contributed by atoms with van der Waals surface area (Å²) in [5, 5.41) is 4.09. The van der Waals surface area contributed by atoms with Gasteiger partial charge in [-0.1, -0.05) is 17.7 Å². The number of hydrogen-bond donors (Lipinski definition) is 1. The van der Waals surface area contributed by atoms with Crippen molar-refractivity contribution >= 4 is 23.2 Å². The SMILES string of the molecule is C[C@]1(Cl)CNCCc2ccc(Cl)cc21.O. The average molecular weight is 248 g/mol. The van der Waals surface area contributed by atoms with Gasteiger partial charge in [0.05, 0.1) is 4.87 Å². The lowest BCUT2D eigenvalue weighted by Crippen LogP contribution is -2.29. The second kappa shape index (κ2) is 4.71. The molecule has 0 unspecified atom stereocenters. The number of rotatable bonds is 0. The smallest absolute Gasteiger partial charge is 0.0794 e. The van der Waals surface area contributed by atoms with Gasteiger partial charge in [0.2, 0.25) is 0 Å². The van der Waals surface area contributed by atoms with Gasteiger partial charge in [-0.05, 0) is 43.1 Å². The lowest BCUT2D eigenvalue weighted by molar-refractivity contribution is 0.595. The molecule has 1 aliphatic heterocycles. The van der Waals surface area contributed by atoms with E-state index >= 15 is 0 Å². The summed E-state index contributed by atoms with van der Waals surface area (Å²) < 4.78 is 0. The molecule has 1 aliphatic rings. The van der Waals surface area contributed by atoms with Crippen molar-refractivity contribution in [2.75, 3.05) is 13.1 Å². The molecule has 1 aromatic rings. The summed E-state index contributed by atoms with van der Waals surface area (Å²) in [5.41, 5.74) is 2.47. The largest absolute Gasteiger partial charge is 0.412 e. The summed E-state index contributed by atoms with van der Waals surface area (Å²) in [6.07, 6.45) is 1.02. The molecule has 0 aromatic heterocycles. The van der Waals surface area contributed by atoms with Gasteiger partial charge in [-0.25, -0.2) is 0 Å². The van der Waals surface area contributed by atoms with Gasteiger partial charge < -0.3 is 10.8 Å². The predicted octanol–water partition coefficient (Wildman–Crippen LogP) is 2.12. The Kier molecular flexibility index (Phi) is 4.01. The van der Waals surface area contributed by atoms with Crippen LogP contribution in [0.25, 0.3) is 0 Å². The highest BCUT2D eigenvalue weighted by atomic mass is 35.5. The van der Waals surface area contributed by atoms with E-state index in [9.17, 15) is 0 Å². The third-order valence-electron chi connectivity index (χ3n) is 2.66. The van der Waals surface area contributed by atoms with Crippen LogP contribution in [-0.4, -0.2) is 18.6 Å². The molecule has 0 spiro atoms. The van der Waals surface area contributed by atoms with Crippen LogP contribution in [0.4, 0.5) is 0 Å². The highest BCUT2D eigenvalue weighted by Gasteiger charge is 2.28. The molecule has 15 heavy (non-hydrogen) atoms. The van der Waals surface area contributed by atoms with E-state index in [4.69, 9.17) is 23.2 Å². The maximum Gasteiger partial charge on any atom is 0.0794 e. The van der Waals surface area contributed by atoms with Gasteiger partial charge in [-0.15, -0.1) is 11.6 Å².